The van der Waals surface area contributed by atoms with Gasteiger partial charge in [-0.2, -0.15) is 0 Å². The molecule has 140 valence electrons. The summed E-state index contributed by atoms with van der Waals surface area (Å²) in [6.45, 7) is 0. The van der Waals surface area contributed by atoms with Crippen LogP contribution >= 0.6 is 0 Å². The Kier molecular flexibility index (Phi) is 3.64. The molecule has 3 aliphatic heterocycles. The normalized spacial score (nSPS) is 32.4. The van der Waals surface area contributed by atoms with Crippen LogP contribution in [0.5, 0.6) is 0 Å². The van der Waals surface area contributed by atoms with E-state index in [4.69, 9.17) is 5.73 Å². The van der Waals surface area contributed by atoms with Crippen molar-refractivity contribution in [3.8, 4) is 0 Å². The first-order chi connectivity index (χ1) is 13.1. The summed E-state index contributed by atoms with van der Waals surface area (Å²) in [5, 5.41) is 0. The summed E-state index contributed by atoms with van der Waals surface area (Å²) in [4.78, 5) is 42.4. The van der Waals surface area contributed by atoms with Crippen molar-refractivity contribution >= 4 is 23.8 Å². The van der Waals surface area contributed by atoms with E-state index in [0.29, 0.717) is 0 Å². The van der Waals surface area contributed by atoms with E-state index in [9.17, 15) is 14.4 Å². The third kappa shape index (κ3) is 2.22. The molecule has 0 aromatic heterocycles. The predicted octanol–water partition coefficient (Wildman–Crippen LogP) is 1.82. The summed E-state index contributed by atoms with van der Waals surface area (Å²) in [5.41, 5.74) is 7.73. The van der Waals surface area contributed by atoms with Crippen molar-refractivity contribution in [3.63, 3.8) is 0 Å². The summed E-state index contributed by atoms with van der Waals surface area (Å²) in [6, 6.07) is 6.76. The number of primary amides is 1. The van der Waals surface area contributed by atoms with Gasteiger partial charge in [0.1, 0.15) is 6.04 Å². The summed E-state index contributed by atoms with van der Waals surface area (Å²) < 4.78 is 0. The fourth-order valence-electron chi connectivity index (χ4n) is 5.60. The first-order valence-corrected chi connectivity index (χ1v) is 9.80. The molecule has 2 N–H and O–H groups in total. The van der Waals surface area contributed by atoms with E-state index < -0.39 is 23.8 Å². The fraction of sp³-hybridized carbons (Fsp3) is 0.476. The van der Waals surface area contributed by atoms with Gasteiger partial charge in [-0.15, -0.1) is 0 Å². The lowest BCUT2D eigenvalue weighted by Crippen LogP contribution is -2.49. The number of nitrogens with two attached hydrogens (primary N) is 1. The maximum absolute atomic E-state index is 13.4. The minimum atomic E-state index is -0.769. The zero-order valence-corrected chi connectivity index (χ0v) is 15.1. The number of fused-ring (bicyclic) bond motifs is 5. The van der Waals surface area contributed by atoms with Gasteiger partial charge in [-0.1, -0.05) is 43.5 Å². The highest BCUT2D eigenvalue weighted by molar-refractivity contribution is 6.09. The first-order valence-electron chi connectivity index (χ1n) is 9.80. The van der Waals surface area contributed by atoms with E-state index >= 15 is 0 Å². The molecule has 27 heavy (non-hydrogen) atoms. The van der Waals surface area contributed by atoms with Crippen LogP contribution in [0.2, 0.25) is 0 Å². The summed E-state index contributed by atoms with van der Waals surface area (Å²) >= 11 is 0. The summed E-state index contributed by atoms with van der Waals surface area (Å²) in [6.07, 6.45) is 8.71. The Hall–Kier alpha value is -2.63. The first kappa shape index (κ1) is 16.5. The van der Waals surface area contributed by atoms with Crippen LogP contribution in [0.15, 0.2) is 30.5 Å². The van der Waals surface area contributed by atoms with Crippen molar-refractivity contribution in [1.29, 1.82) is 0 Å². The van der Waals surface area contributed by atoms with Crippen LogP contribution < -0.4 is 5.73 Å². The smallest absolute Gasteiger partial charge is 0.240 e. The van der Waals surface area contributed by atoms with E-state index in [-0.39, 0.29) is 23.9 Å². The van der Waals surface area contributed by atoms with Gasteiger partial charge >= 0.3 is 0 Å². The lowest BCUT2D eigenvalue weighted by atomic mass is 9.84. The summed E-state index contributed by atoms with van der Waals surface area (Å²) in [5.74, 6) is -2.09. The molecule has 4 aliphatic rings. The van der Waals surface area contributed by atoms with Crippen molar-refractivity contribution in [2.75, 3.05) is 0 Å². The molecule has 1 aromatic rings. The van der Waals surface area contributed by atoms with Crippen LogP contribution in [0, 0.1) is 11.8 Å². The summed E-state index contributed by atoms with van der Waals surface area (Å²) in [7, 11) is 0. The van der Waals surface area contributed by atoms with Crippen molar-refractivity contribution < 1.29 is 14.4 Å². The van der Waals surface area contributed by atoms with Crippen molar-refractivity contribution in [2.24, 2.45) is 17.6 Å². The molecule has 4 atom stereocenters. The quantitative estimate of drug-likeness (QED) is 0.810. The van der Waals surface area contributed by atoms with Gasteiger partial charge in [0, 0.05) is 12.2 Å². The maximum Gasteiger partial charge on any atom is 0.240 e. The average molecular weight is 365 g/mol. The molecule has 0 radical (unpaired) electrons. The zero-order valence-electron chi connectivity index (χ0n) is 15.1. The van der Waals surface area contributed by atoms with Crippen molar-refractivity contribution in [2.45, 2.75) is 50.2 Å². The van der Waals surface area contributed by atoms with Gasteiger partial charge in [-0.3, -0.25) is 19.3 Å². The number of imide groups is 1. The minimum absolute atomic E-state index is 0.0271. The Labute approximate surface area is 158 Å². The molecule has 2 saturated heterocycles. The van der Waals surface area contributed by atoms with Crippen LogP contribution in [0.1, 0.15) is 49.3 Å². The Bertz CT molecular complexity index is 858. The molecule has 0 bridgehead atoms. The van der Waals surface area contributed by atoms with Gasteiger partial charge in [0.2, 0.25) is 17.7 Å². The zero-order chi connectivity index (χ0) is 18.7. The Morgan fingerprint density at radius 1 is 1.00 bits per heavy atom. The van der Waals surface area contributed by atoms with Gasteiger partial charge in [-0.25, -0.2) is 0 Å². The van der Waals surface area contributed by atoms with E-state index in [1.807, 2.05) is 41.4 Å². The third-order valence-electron chi connectivity index (χ3n) is 6.73. The van der Waals surface area contributed by atoms with Crippen LogP contribution in [-0.4, -0.2) is 39.6 Å². The molecule has 1 unspecified atom stereocenters. The number of benzene rings is 1. The number of carbonyl (C=O) groups excluding carboxylic acids is 3. The Morgan fingerprint density at radius 2 is 1.70 bits per heavy atom. The molecule has 1 saturated carbocycles. The molecular formula is C21H23N3O3. The topological polar surface area (TPSA) is 83.7 Å². The maximum atomic E-state index is 13.4. The third-order valence-corrected chi connectivity index (χ3v) is 6.73. The molecule has 5 rings (SSSR count). The fourth-order valence-corrected chi connectivity index (χ4v) is 5.60. The second kappa shape index (κ2) is 5.94. The highest BCUT2D eigenvalue weighted by atomic mass is 16.2. The monoisotopic (exact) mass is 365 g/mol. The molecular weight excluding hydrogens is 342 g/mol. The van der Waals surface area contributed by atoms with Crippen molar-refractivity contribution in [3.05, 3.63) is 41.6 Å². The molecule has 1 aliphatic carbocycles. The van der Waals surface area contributed by atoms with Gasteiger partial charge in [-0.05, 0) is 30.0 Å². The van der Waals surface area contributed by atoms with Gasteiger partial charge < -0.3 is 10.6 Å². The number of amides is 3. The lowest BCUT2D eigenvalue weighted by Gasteiger charge is -2.36. The standard InChI is InChI=1S/C21H23N3O3/c22-19(25)18-16-15(17-14-9-5-4-6-12(14)10-11-23(17)18)20(26)24(21(16)27)13-7-2-1-3-8-13/h4-6,9-11,13,15-18H,1-3,7-8H2,(H2,22,25)/t15-,16+,17?,18-/m0/s1. The number of nitrogens with zero attached hydrogens (tertiary/aromatic N) is 2. The highest BCUT2D eigenvalue weighted by Gasteiger charge is 2.64. The Morgan fingerprint density at radius 3 is 2.44 bits per heavy atom. The van der Waals surface area contributed by atoms with Gasteiger partial charge in [0.25, 0.3) is 0 Å². The van der Waals surface area contributed by atoms with E-state index in [1.165, 1.54) is 4.90 Å². The van der Waals surface area contributed by atoms with Crippen LogP contribution in [0.4, 0.5) is 0 Å². The van der Waals surface area contributed by atoms with Crippen molar-refractivity contribution in [1.82, 2.24) is 9.80 Å². The highest BCUT2D eigenvalue weighted by Crippen LogP contribution is 2.53. The van der Waals surface area contributed by atoms with Crippen LogP contribution in [0.25, 0.3) is 6.08 Å². The van der Waals surface area contributed by atoms with Gasteiger partial charge in [0.05, 0.1) is 17.9 Å². The average Bonchev–Trinajstić information content (AvgIpc) is 3.16. The number of hydrogen-bond acceptors (Lipinski definition) is 4. The number of likely N-dealkylation sites (tertiary alicyclic amines) is 1. The van der Waals surface area contributed by atoms with E-state index in [1.54, 1.807) is 0 Å². The molecule has 6 heteroatoms. The molecule has 1 aromatic carbocycles. The number of carbonyl (C=O) groups is 3. The molecule has 3 amide bonds. The second-order valence-corrected chi connectivity index (χ2v) is 8.07. The van der Waals surface area contributed by atoms with Gasteiger partial charge in [0.15, 0.2) is 0 Å². The number of hydrogen-bond donors (Lipinski definition) is 1. The molecule has 3 heterocycles. The molecule has 3 fully saturated rings. The molecule has 6 nitrogen and oxygen atoms in total. The van der Waals surface area contributed by atoms with Crippen LogP contribution in [0.3, 0.4) is 0 Å². The Balaban J connectivity index is 1.60. The predicted molar refractivity (Wildman–Crippen MR) is 98.7 cm³/mol. The van der Waals surface area contributed by atoms with E-state index in [2.05, 4.69) is 0 Å². The van der Waals surface area contributed by atoms with E-state index in [0.717, 1.165) is 43.2 Å². The van der Waals surface area contributed by atoms with Crippen LogP contribution in [-0.2, 0) is 14.4 Å². The largest absolute Gasteiger partial charge is 0.368 e. The minimum Gasteiger partial charge on any atom is -0.368 e. The number of rotatable bonds is 2. The lowest BCUT2D eigenvalue weighted by molar-refractivity contribution is -0.146. The second-order valence-electron chi connectivity index (χ2n) is 8.07. The molecule has 0 spiro atoms. The SMILES string of the molecule is NC(=O)[C@@H]1[C@@H]2C(=O)N(C3CCCCC3)C(=O)[C@@H]2C2c3ccccc3C=CN21.